The van der Waals surface area contributed by atoms with Gasteiger partial charge in [0.25, 0.3) is 0 Å². The van der Waals surface area contributed by atoms with Gasteiger partial charge >= 0.3 is 5.97 Å². The van der Waals surface area contributed by atoms with Crippen LogP contribution < -0.4 is 4.74 Å². The molecule has 0 saturated heterocycles. The van der Waals surface area contributed by atoms with Gasteiger partial charge < -0.3 is 14.3 Å². The van der Waals surface area contributed by atoms with E-state index in [1.807, 2.05) is 32.0 Å². The fraction of sp³-hybridized carbons (Fsp3) is 0.214. The first-order valence-electron chi connectivity index (χ1n) is 5.73. The van der Waals surface area contributed by atoms with E-state index in [0.717, 1.165) is 15.8 Å². The molecule has 0 saturated carbocycles. The Labute approximate surface area is 119 Å². The van der Waals surface area contributed by atoms with Crippen molar-refractivity contribution in [2.24, 2.45) is 0 Å². The van der Waals surface area contributed by atoms with Crippen LogP contribution in [-0.4, -0.2) is 11.1 Å². The summed E-state index contributed by atoms with van der Waals surface area (Å²) >= 11 is 3.39. The molecule has 0 radical (unpaired) electrons. The molecule has 1 heterocycles. The van der Waals surface area contributed by atoms with E-state index in [1.165, 1.54) is 6.07 Å². The van der Waals surface area contributed by atoms with Crippen molar-refractivity contribution in [3.63, 3.8) is 0 Å². The van der Waals surface area contributed by atoms with Crippen molar-refractivity contribution in [1.82, 2.24) is 0 Å². The molecule has 0 spiro atoms. The van der Waals surface area contributed by atoms with E-state index in [0.29, 0.717) is 5.76 Å². The molecule has 0 aliphatic rings. The fourth-order valence-electron chi connectivity index (χ4n) is 1.68. The summed E-state index contributed by atoms with van der Waals surface area (Å²) in [5.74, 6) is 0.0555. The first kappa shape index (κ1) is 13.7. The molecular formula is C14H13BrO4. The highest BCUT2D eigenvalue weighted by atomic mass is 79.9. The summed E-state index contributed by atoms with van der Waals surface area (Å²) in [5, 5.41) is 8.80. The Kier molecular flexibility index (Phi) is 3.95. The molecule has 1 atom stereocenters. The molecule has 1 unspecified atom stereocenters. The Bertz CT molecular complexity index is 603. The number of rotatable bonds is 4. The van der Waals surface area contributed by atoms with Crippen LogP contribution in [-0.2, 0) is 0 Å². The molecule has 4 nitrogen and oxygen atoms in total. The predicted molar refractivity (Wildman–Crippen MR) is 73.6 cm³/mol. The van der Waals surface area contributed by atoms with Crippen molar-refractivity contribution in [2.45, 2.75) is 20.0 Å². The van der Waals surface area contributed by atoms with Gasteiger partial charge in [-0.25, -0.2) is 4.79 Å². The van der Waals surface area contributed by atoms with Crippen LogP contribution in [0.3, 0.4) is 0 Å². The Morgan fingerprint density at radius 1 is 1.37 bits per heavy atom. The number of aryl methyl sites for hydroxylation is 1. The Balaban J connectivity index is 2.15. The van der Waals surface area contributed by atoms with Crippen molar-refractivity contribution in [3.8, 4) is 5.75 Å². The lowest BCUT2D eigenvalue weighted by atomic mass is 10.2. The number of carbonyl (C=O) groups is 1. The van der Waals surface area contributed by atoms with E-state index < -0.39 is 5.97 Å². The molecule has 5 heteroatoms. The second kappa shape index (κ2) is 5.48. The van der Waals surface area contributed by atoms with Gasteiger partial charge in [-0.1, -0.05) is 15.9 Å². The van der Waals surface area contributed by atoms with E-state index in [4.69, 9.17) is 14.3 Å². The minimum absolute atomic E-state index is 0.0852. The topological polar surface area (TPSA) is 59.7 Å². The lowest BCUT2D eigenvalue weighted by Crippen LogP contribution is -2.03. The van der Waals surface area contributed by atoms with Gasteiger partial charge in [0.15, 0.2) is 6.10 Å². The van der Waals surface area contributed by atoms with Crippen molar-refractivity contribution in [3.05, 3.63) is 51.9 Å². The smallest absolute Gasteiger partial charge is 0.371 e. The molecule has 0 fully saturated rings. The first-order valence-corrected chi connectivity index (χ1v) is 6.52. The summed E-state index contributed by atoms with van der Waals surface area (Å²) in [6.45, 7) is 3.75. The number of ether oxygens (including phenoxy) is 1. The van der Waals surface area contributed by atoms with Crippen molar-refractivity contribution < 1.29 is 19.1 Å². The van der Waals surface area contributed by atoms with Crippen molar-refractivity contribution in [2.75, 3.05) is 0 Å². The zero-order chi connectivity index (χ0) is 14.0. The third-order valence-corrected chi connectivity index (χ3v) is 3.17. The molecular weight excluding hydrogens is 312 g/mol. The third kappa shape index (κ3) is 3.17. The quantitative estimate of drug-likeness (QED) is 0.916. The van der Waals surface area contributed by atoms with Crippen LogP contribution in [0.4, 0.5) is 0 Å². The number of benzene rings is 1. The number of halogens is 1. The molecule has 1 aromatic carbocycles. The minimum atomic E-state index is -1.08. The average molecular weight is 325 g/mol. The molecule has 0 aliphatic heterocycles. The second-order valence-corrected chi connectivity index (χ2v) is 5.09. The monoisotopic (exact) mass is 324 g/mol. The summed E-state index contributed by atoms with van der Waals surface area (Å²) in [7, 11) is 0. The molecule has 0 amide bonds. The minimum Gasteiger partial charge on any atom is -0.483 e. The van der Waals surface area contributed by atoms with Gasteiger partial charge in [-0.2, -0.15) is 0 Å². The van der Waals surface area contributed by atoms with E-state index in [2.05, 4.69) is 15.9 Å². The lowest BCUT2D eigenvalue weighted by Gasteiger charge is -2.14. The van der Waals surface area contributed by atoms with Crippen LogP contribution >= 0.6 is 15.9 Å². The fourth-order valence-corrected chi connectivity index (χ4v) is 2.16. The van der Waals surface area contributed by atoms with Crippen LogP contribution in [0.25, 0.3) is 0 Å². The summed E-state index contributed by atoms with van der Waals surface area (Å²) in [6.07, 6.45) is -0.354. The number of carboxylic acids is 1. The van der Waals surface area contributed by atoms with Crippen LogP contribution in [0.5, 0.6) is 5.75 Å². The normalized spacial score (nSPS) is 12.2. The number of aromatic carboxylic acids is 1. The maximum Gasteiger partial charge on any atom is 0.371 e. The number of hydrogen-bond donors (Lipinski definition) is 1. The van der Waals surface area contributed by atoms with E-state index >= 15 is 0 Å². The van der Waals surface area contributed by atoms with Gasteiger partial charge in [-0.15, -0.1) is 0 Å². The molecule has 1 aromatic heterocycles. The first-order chi connectivity index (χ1) is 8.97. The maximum absolute atomic E-state index is 10.7. The van der Waals surface area contributed by atoms with Crippen molar-refractivity contribution in [1.29, 1.82) is 0 Å². The van der Waals surface area contributed by atoms with Gasteiger partial charge in [0.05, 0.1) is 0 Å². The molecule has 100 valence electrons. The third-order valence-electron chi connectivity index (χ3n) is 2.68. The van der Waals surface area contributed by atoms with Gasteiger partial charge in [-0.05, 0) is 49.7 Å². The average Bonchev–Trinajstić information content (AvgIpc) is 2.82. The standard InChI is InChI=1S/C14H13BrO4/c1-8-7-10(15)3-4-11(8)18-9(2)12-5-6-13(19-12)14(16)17/h3-7,9H,1-2H3,(H,16,17). The molecule has 2 aromatic rings. The zero-order valence-electron chi connectivity index (χ0n) is 10.5. The van der Waals surface area contributed by atoms with Crippen molar-refractivity contribution >= 4 is 21.9 Å². The number of carboxylic acid groups (broad SMARTS) is 1. The summed E-state index contributed by atoms with van der Waals surface area (Å²) in [6, 6.07) is 8.73. The highest BCUT2D eigenvalue weighted by Gasteiger charge is 2.16. The Hall–Kier alpha value is -1.75. The van der Waals surface area contributed by atoms with Gasteiger partial charge in [0, 0.05) is 4.47 Å². The maximum atomic E-state index is 10.7. The molecule has 19 heavy (non-hydrogen) atoms. The van der Waals surface area contributed by atoms with Gasteiger partial charge in [0.2, 0.25) is 5.76 Å². The molecule has 2 rings (SSSR count). The van der Waals surface area contributed by atoms with E-state index in [1.54, 1.807) is 6.07 Å². The van der Waals surface area contributed by atoms with E-state index in [9.17, 15) is 4.79 Å². The van der Waals surface area contributed by atoms with Crippen LogP contribution in [0, 0.1) is 6.92 Å². The Morgan fingerprint density at radius 3 is 2.68 bits per heavy atom. The highest BCUT2D eigenvalue weighted by molar-refractivity contribution is 9.10. The lowest BCUT2D eigenvalue weighted by molar-refractivity contribution is 0.0655. The zero-order valence-corrected chi connectivity index (χ0v) is 12.1. The largest absolute Gasteiger partial charge is 0.483 e. The number of hydrogen-bond acceptors (Lipinski definition) is 3. The molecule has 0 aliphatic carbocycles. The summed E-state index contributed by atoms with van der Waals surface area (Å²) < 4.78 is 12.0. The van der Waals surface area contributed by atoms with Gasteiger partial charge in [0.1, 0.15) is 11.5 Å². The highest BCUT2D eigenvalue weighted by Crippen LogP contribution is 2.28. The SMILES string of the molecule is Cc1cc(Br)ccc1OC(C)c1ccc(C(=O)O)o1. The number of furan rings is 1. The van der Waals surface area contributed by atoms with Crippen LogP contribution in [0.15, 0.2) is 39.2 Å². The molecule has 0 bridgehead atoms. The van der Waals surface area contributed by atoms with Crippen LogP contribution in [0.2, 0.25) is 0 Å². The summed E-state index contributed by atoms with van der Waals surface area (Å²) in [5.41, 5.74) is 0.992. The van der Waals surface area contributed by atoms with E-state index in [-0.39, 0.29) is 11.9 Å². The summed E-state index contributed by atoms with van der Waals surface area (Å²) in [4.78, 5) is 10.7. The van der Waals surface area contributed by atoms with Crippen LogP contribution in [0.1, 0.15) is 34.9 Å². The predicted octanol–water partition coefficient (Wildman–Crippen LogP) is 4.19. The molecule has 1 N–H and O–H groups in total. The Morgan fingerprint density at radius 2 is 2.11 bits per heavy atom. The second-order valence-electron chi connectivity index (χ2n) is 4.18. The van der Waals surface area contributed by atoms with Gasteiger partial charge in [-0.3, -0.25) is 0 Å².